The van der Waals surface area contributed by atoms with Gasteiger partial charge in [-0.05, 0) is 24.6 Å². The lowest BCUT2D eigenvalue weighted by molar-refractivity contribution is -0.117. The topological polar surface area (TPSA) is 77.8 Å². The number of anilines is 1. The number of β-amino-alcohol motifs (C(OH)–C–C–N with tert-alkyl or cyclic N) is 1. The molecule has 2 rings (SSSR count). The molecule has 1 heterocycles. The Bertz CT molecular complexity index is 529. The minimum atomic E-state index is -1.15. The van der Waals surface area contributed by atoms with E-state index in [0.29, 0.717) is 16.3 Å². The highest BCUT2D eigenvalue weighted by molar-refractivity contribution is 6.31. The second-order valence-electron chi connectivity index (χ2n) is 4.29. The minimum Gasteiger partial charge on any atom is -0.478 e. The fourth-order valence-electron chi connectivity index (χ4n) is 2.16. The van der Waals surface area contributed by atoms with Crippen molar-refractivity contribution in [2.75, 3.05) is 11.4 Å². The van der Waals surface area contributed by atoms with Crippen LogP contribution < -0.4 is 4.90 Å². The van der Waals surface area contributed by atoms with Crippen LogP contribution in [0.15, 0.2) is 12.1 Å². The molecule has 1 unspecified atom stereocenters. The third kappa shape index (κ3) is 2.19. The van der Waals surface area contributed by atoms with Crippen LogP contribution in [-0.4, -0.2) is 34.7 Å². The van der Waals surface area contributed by atoms with Crippen molar-refractivity contribution < 1.29 is 19.8 Å². The molecule has 0 aliphatic carbocycles. The van der Waals surface area contributed by atoms with Crippen molar-refractivity contribution in [3.63, 3.8) is 0 Å². The standard InChI is InChI=1S/C12H12ClNO4/c1-6-2-7(13)3-9(12(17)18)11(6)14-5-8(15)4-10(14)16/h2-3,8,15H,4-5H2,1H3,(H,17,18). The van der Waals surface area contributed by atoms with Gasteiger partial charge in [0.15, 0.2) is 0 Å². The molecule has 5 nitrogen and oxygen atoms in total. The summed E-state index contributed by atoms with van der Waals surface area (Å²) in [6, 6.07) is 2.91. The Morgan fingerprint density at radius 1 is 1.50 bits per heavy atom. The predicted molar refractivity (Wildman–Crippen MR) is 66.1 cm³/mol. The molecule has 0 spiro atoms. The van der Waals surface area contributed by atoms with Crippen molar-refractivity contribution in [3.05, 3.63) is 28.3 Å². The van der Waals surface area contributed by atoms with E-state index in [-0.39, 0.29) is 24.4 Å². The molecule has 1 aromatic rings. The van der Waals surface area contributed by atoms with Crippen molar-refractivity contribution in [2.24, 2.45) is 0 Å². The monoisotopic (exact) mass is 269 g/mol. The third-order valence-corrected chi connectivity index (χ3v) is 3.09. The van der Waals surface area contributed by atoms with E-state index in [0.717, 1.165) is 0 Å². The number of halogens is 1. The molecule has 1 amide bonds. The molecule has 1 saturated heterocycles. The molecule has 1 atom stereocenters. The molecule has 0 radical (unpaired) electrons. The molecule has 6 heteroatoms. The smallest absolute Gasteiger partial charge is 0.337 e. The van der Waals surface area contributed by atoms with Crippen LogP contribution in [0.3, 0.4) is 0 Å². The first-order valence-electron chi connectivity index (χ1n) is 5.42. The first kappa shape index (κ1) is 12.9. The zero-order chi connectivity index (χ0) is 13.4. The number of aliphatic hydroxyl groups excluding tert-OH is 1. The number of carbonyl (C=O) groups excluding carboxylic acids is 1. The molecule has 0 aromatic heterocycles. The second kappa shape index (κ2) is 4.59. The zero-order valence-electron chi connectivity index (χ0n) is 9.68. The normalized spacial score (nSPS) is 19.4. The minimum absolute atomic E-state index is 0.0150. The van der Waals surface area contributed by atoms with Crippen LogP contribution in [0.4, 0.5) is 5.69 Å². The summed E-state index contributed by atoms with van der Waals surface area (Å²) in [6.45, 7) is 1.80. The van der Waals surface area contributed by atoms with Gasteiger partial charge < -0.3 is 15.1 Å². The summed E-state index contributed by atoms with van der Waals surface area (Å²) in [5.41, 5.74) is 0.887. The van der Waals surface area contributed by atoms with E-state index in [1.54, 1.807) is 13.0 Å². The van der Waals surface area contributed by atoms with Crippen LogP contribution in [0.1, 0.15) is 22.3 Å². The van der Waals surface area contributed by atoms with Crippen molar-refractivity contribution in [2.45, 2.75) is 19.4 Å². The number of carboxylic acids is 1. The number of carboxylic acid groups (broad SMARTS) is 1. The lowest BCUT2D eigenvalue weighted by atomic mass is 10.1. The molecular formula is C12H12ClNO4. The largest absolute Gasteiger partial charge is 0.478 e. The van der Waals surface area contributed by atoms with E-state index >= 15 is 0 Å². The molecule has 1 aliphatic rings. The van der Waals surface area contributed by atoms with Gasteiger partial charge >= 0.3 is 5.97 Å². The maximum atomic E-state index is 11.7. The highest BCUT2D eigenvalue weighted by atomic mass is 35.5. The highest BCUT2D eigenvalue weighted by Gasteiger charge is 2.32. The van der Waals surface area contributed by atoms with Gasteiger partial charge in [-0.15, -0.1) is 0 Å². The number of aryl methyl sites for hydroxylation is 1. The van der Waals surface area contributed by atoms with E-state index in [1.807, 2.05) is 0 Å². The number of carbonyl (C=O) groups is 2. The average molecular weight is 270 g/mol. The van der Waals surface area contributed by atoms with Gasteiger partial charge in [-0.25, -0.2) is 4.79 Å². The van der Waals surface area contributed by atoms with Crippen LogP contribution in [0.25, 0.3) is 0 Å². The van der Waals surface area contributed by atoms with Crippen molar-refractivity contribution in [1.82, 2.24) is 0 Å². The van der Waals surface area contributed by atoms with Crippen molar-refractivity contribution in [3.8, 4) is 0 Å². The molecule has 1 fully saturated rings. The maximum Gasteiger partial charge on any atom is 0.337 e. The SMILES string of the molecule is Cc1cc(Cl)cc(C(=O)O)c1N1CC(O)CC1=O. The Morgan fingerprint density at radius 2 is 2.17 bits per heavy atom. The Hall–Kier alpha value is -1.59. The fourth-order valence-corrected chi connectivity index (χ4v) is 2.43. The number of benzene rings is 1. The quantitative estimate of drug-likeness (QED) is 0.852. The summed E-state index contributed by atoms with van der Waals surface area (Å²) in [5, 5.41) is 18.9. The van der Waals surface area contributed by atoms with Gasteiger partial charge in [0, 0.05) is 5.02 Å². The van der Waals surface area contributed by atoms with E-state index in [2.05, 4.69) is 0 Å². The molecule has 18 heavy (non-hydrogen) atoms. The lowest BCUT2D eigenvalue weighted by Crippen LogP contribution is -2.28. The van der Waals surface area contributed by atoms with E-state index < -0.39 is 12.1 Å². The Balaban J connectivity index is 2.56. The molecule has 0 saturated carbocycles. The van der Waals surface area contributed by atoms with Gasteiger partial charge in [-0.3, -0.25) is 4.79 Å². The van der Waals surface area contributed by atoms with Crippen LogP contribution in [0.5, 0.6) is 0 Å². The summed E-state index contributed by atoms with van der Waals surface area (Å²) in [4.78, 5) is 24.3. The van der Waals surface area contributed by atoms with Crippen molar-refractivity contribution in [1.29, 1.82) is 0 Å². The zero-order valence-corrected chi connectivity index (χ0v) is 10.4. The second-order valence-corrected chi connectivity index (χ2v) is 4.72. The van der Waals surface area contributed by atoms with Crippen LogP contribution >= 0.6 is 11.6 Å². The summed E-state index contributed by atoms with van der Waals surface area (Å²) >= 11 is 5.82. The molecule has 0 bridgehead atoms. The highest BCUT2D eigenvalue weighted by Crippen LogP contribution is 2.32. The number of amides is 1. The van der Waals surface area contributed by atoms with Crippen LogP contribution in [0, 0.1) is 6.92 Å². The number of rotatable bonds is 2. The summed E-state index contributed by atoms with van der Waals surface area (Å²) in [6.07, 6.45) is -0.740. The summed E-state index contributed by atoms with van der Waals surface area (Å²) < 4.78 is 0. The summed E-state index contributed by atoms with van der Waals surface area (Å²) in [7, 11) is 0. The van der Waals surface area contributed by atoms with Gasteiger partial charge in [0.05, 0.1) is 30.3 Å². The average Bonchev–Trinajstić information content (AvgIpc) is 2.56. The molecule has 1 aliphatic heterocycles. The Kier molecular flexibility index (Phi) is 3.28. The van der Waals surface area contributed by atoms with Gasteiger partial charge in [-0.2, -0.15) is 0 Å². The Morgan fingerprint density at radius 3 is 2.67 bits per heavy atom. The van der Waals surface area contributed by atoms with Crippen LogP contribution in [0.2, 0.25) is 5.02 Å². The lowest BCUT2D eigenvalue weighted by Gasteiger charge is -2.21. The predicted octanol–water partition coefficient (Wildman–Crippen LogP) is 1.44. The molecule has 1 aromatic carbocycles. The van der Waals surface area contributed by atoms with Crippen molar-refractivity contribution >= 4 is 29.2 Å². The number of hydrogen-bond acceptors (Lipinski definition) is 3. The van der Waals surface area contributed by atoms with Gasteiger partial charge in [-0.1, -0.05) is 11.6 Å². The van der Waals surface area contributed by atoms with E-state index in [1.165, 1.54) is 11.0 Å². The van der Waals surface area contributed by atoms with E-state index in [4.69, 9.17) is 16.7 Å². The van der Waals surface area contributed by atoms with Gasteiger partial charge in [0.1, 0.15) is 0 Å². The number of nitrogens with zero attached hydrogens (tertiary/aromatic N) is 1. The Labute approximate surface area is 109 Å². The van der Waals surface area contributed by atoms with E-state index in [9.17, 15) is 14.7 Å². The number of aromatic carboxylic acids is 1. The number of hydrogen-bond donors (Lipinski definition) is 2. The first-order chi connectivity index (χ1) is 8.40. The maximum absolute atomic E-state index is 11.7. The van der Waals surface area contributed by atoms with Crippen LogP contribution in [-0.2, 0) is 4.79 Å². The fraction of sp³-hybridized carbons (Fsp3) is 0.333. The van der Waals surface area contributed by atoms with Gasteiger partial charge in [0.25, 0.3) is 0 Å². The van der Waals surface area contributed by atoms with Gasteiger partial charge in [0.2, 0.25) is 5.91 Å². The third-order valence-electron chi connectivity index (χ3n) is 2.87. The molecular weight excluding hydrogens is 258 g/mol. The number of aliphatic hydroxyl groups is 1. The molecule has 2 N–H and O–H groups in total. The first-order valence-corrected chi connectivity index (χ1v) is 5.80. The summed E-state index contributed by atoms with van der Waals surface area (Å²) in [5.74, 6) is -1.43. The molecule has 96 valence electrons.